The number of nitrogens with one attached hydrogen (secondary N) is 1. The van der Waals surface area contributed by atoms with Crippen molar-refractivity contribution < 1.29 is 4.79 Å². The van der Waals surface area contributed by atoms with E-state index in [-0.39, 0.29) is 0 Å². The largest absolute Gasteiger partial charge is 0.315 e. The first-order valence-electron chi connectivity index (χ1n) is 4.09. The van der Waals surface area contributed by atoms with Crippen LogP contribution in [-0.4, -0.2) is 5.91 Å². The third-order valence-electron chi connectivity index (χ3n) is 1.87. The van der Waals surface area contributed by atoms with Gasteiger partial charge >= 0.3 is 0 Å². The van der Waals surface area contributed by atoms with Crippen LogP contribution >= 0.6 is 15.9 Å². The van der Waals surface area contributed by atoms with Crippen molar-refractivity contribution in [1.82, 2.24) is 0 Å². The highest BCUT2D eigenvalue weighted by Crippen LogP contribution is 2.24. The van der Waals surface area contributed by atoms with Gasteiger partial charge in [-0.2, -0.15) is 0 Å². The van der Waals surface area contributed by atoms with Gasteiger partial charge in [0.1, 0.15) is 0 Å². The minimum absolute atomic E-state index is 0.418. The van der Waals surface area contributed by atoms with Crippen molar-refractivity contribution in [3.05, 3.63) is 27.7 Å². The van der Waals surface area contributed by atoms with Gasteiger partial charge in [-0.1, -0.05) is 15.9 Å². The Bertz CT molecular complexity index is 395. The van der Waals surface area contributed by atoms with E-state index in [2.05, 4.69) is 21.2 Å². The molecule has 1 rings (SSSR count). The van der Waals surface area contributed by atoms with Crippen LogP contribution in [-0.2, 0) is 4.79 Å². The summed E-state index contributed by atoms with van der Waals surface area (Å²) in [5.74, 6) is 1.60. The van der Waals surface area contributed by atoms with E-state index < -0.39 is 5.91 Å². The lowest BCUT2D eigenvalue weighted by Crippen LogP contribution is -2.10. The van der Waals surface area contributed by atoms with Crippen molar-refractivity contribution >= 4 is 27.5 Å². The van der Waals surface area contributed by atoms with Gasteiger partial charge in [-0.25, -0.2) is 0 Å². The Kier molecular flexibility index (Phi) is 3.32. The van der Waals surface area contributed by atoms with Crippen LogP contribution in [0.5, 0.6) is 0 Å². The second-order valence-electron chi connectivity index (χ2n) is 3.01. The number of anilines is 1. The van der Waals surface area contributed by atoms with E-state index in [1.165, 1.54) is 0 Å². The van der Waals surface area contributed by atoms with Crippen molar-refractivity contribution in [1.29, 1.82) is 0 Å². The zero-order valence-electron chi connectivity index (χ0n) is 8.02. The maximum atomic E-state index is 11.0. The van der Waals surface area contributed by atoms with Crippen LogP contribution in [0.4, 0.5) is 5.69 Å². The molecule has 0 heterocycles. The Morgan fingerprint density at radius 2 is 1.93 bits per heavy atom. The molecule has 0 aromatic heterocycles. The summed E-state index contributed by atoms with van der Waals surface area (Å²) in [6.45, 7) is 3.84. The highest BCUT2D eigenvalue weighted by molar-refractivity contribution is 9.10. The molecule has 1 N–H and O–H groups in total. The monoisotopic (exact) mass is 251 g/mol. The van der Waals surface area contributed by atoms with Gasteiger partial charge in [-0.3, -0.25) is 4.79 Å². The van der Waals surface area contributed by atoms with Crippen LogP contribution in [0.25, 0.3) is 0 Å². The van der Waals surface area contributed by atoms with E-state index in [9.17, 15) is 4.79 Å². The third kappa shape index (κ3) is 2.36. The number of rotatable bonds is 1. The summed E-state index contributed by atoms with van der Waals surface area (Å²) in [6, 6.07) is 3.86. The van der Waals surface area contributed by atoms with Gasteiger partial charge in [0.25, 0.3) is 5.91 Å². The summed E-state index contributed by atoms with van der Waals surface area (Å²) in [5, 5.41) is 2.66. The Hall–Kier alpha value is -1.27. The molecule has 0 atom stereocenters. The summed E-state index contributed by atoms with van der Waals surface area (Å²) in [4.78, 5) is 11.0. The number of halogens is 1. The molecule has 0 aliphatic carbocycles. The van der Waals surface area contributed by atoms with E-state index in [1.807, 2.05) is 31.9 Å². The summed E-state index contributed by atoms with van der Waals surface area (Å²) in [5.41, 5.74) is 2.76. The quantitative estimate of drug-likeness (QED) is 0.765. The summed E-state index contributed by atoms with van der Waals surface area (Å²) >= 11 is 3.38. The highest BCUT2D eigenvalue weighted by atomic mass is 79.9. The summed E-state index contributed by atoms with van der Waals surface area (Å²) < 4.78 is 0.992. The number of aryl methyl sites for hydroxylation is 2. The second kappa shape index (κ2) is 4.30. The van der Waals surface area contributed by atoms with E-state index in [1.54, 1.807) is 0 Å². The van der Waals surface area contributed by atoms with Crippen molar-refractivity contribution in [3.63, 3.8) is 0 Å². The van der Waals surface area contributed by atoms with Gasteiger partial charge in [0.2, 0.25) is 0 Å². The topological polar surface area (TPSA) is 29.1 Å². The average Bonchev–Trinajstić information content (AvgIpc) is 2.10. The molecular weight excluding hydrogens is 242 g/mol. The van der Waals surface area contributed by atoms with Gasteiger partial charge in [-0.05, 0) is 43.0 Å². The number of carbonyl (C=O) groups is 1. The number of hydrogen-bond acceptors (Lipinski definition) is 1. The summed E-state index contributed by atoms with van der Waals surface area (Å²) in [6.07, 6.45) is 4.98. The number of amides is 1. The number of benzene rings is 1. The zero-order valence-corrected chi connectivity index (χ0v) is 9.60. The van der Waals surface area contributed by atoms with Gasteiger partial charge < -0.3 is 5.32 Å². The minimum atomic E-state index is -0.418. The van der Waals surface area contributed by atoms with E-state index in [0.717, 1.165) is 21.3 Å². The predicted octanol–water partition coefficient (Wildman–Crippen LogP) is 2.64. The minimum Gasteiger partial charge on any atom is -0.315 e. The van der Waals surface area contributed by atoms with Crippen molar-refractivity contribution in [2.45, 2.75) is 13.8 Å². The molecule has 0 fully saturated rings. The normalized spacial score (nSPS) is 9.29. The Balaban J connectivity index is 3.10. The van der Waals surface area contributed by atoms with Crippen LogP contribution in [0.15, 0.2) is 16.6 Å². The standard InChI is InChI=1S/C11H10BrNO/c1-4-10(14)13-11-7(2)5-9(12)6-8(11)3/h1,5-6H,2-3H3,(H,13,14). The predicted molar refractivity (Wildman–Crippen MR) is 61.1 cm³/mol. The van der Waals surface area contributed by atoms with Crippen LogP contribution in [0.2, 0.25) is 0 Å². The summed E-state index contributed by atoms with van der Waals surface area (Å²) in [7, 11) is 0. The smallest absolute Gasteiger partial charge is 0.300 e. The van der Waals surface area contributed by atoms with Crippen LogP contribution in [0, 0.1) is 26.2 Å². The highest BCUT2D eigenvalue weighted by Gasteiger charge is 2.06. The molecule has 1 amide bonds. The second-order valence-corrected chi connectivity index (χ2v) is 3.93. The third-order valence-corrected chi connectivity index (χ3v) is 2.32. The zero-order chi connectivity index (χ0) is 10.7. The maximum absolute atomic E-state index is 11.0. The fourth-order valence-corrected chi connectivity index (χ4v) is 1.94. The molecular formula is C11H10BrNO. The molecule has 14 heavy (non-hydrogen) atoms. The number of carbonyl (C=O) groups excluding carboxylic acids is 1. The molecule has 0 spiro atoms. The molecule has 2 nitrogen and oxygen atoms in total. The Labute approximate surface area is 91.8 Å². The molecule has 1 aromatic carbocycles. The van der Waals surface area contributed by atoms with E-state index in [4.69, 9.17) is 6.42 Å². The van der Waals surface area contributed by atoms with Gasteiger partial charge in [0.05, 0.1) is 0 Å². The molecule has 1 aromatic rings. The average molecular weight is 252 g/mol. The molecule has 0 aliphatic rings. The Morgan fingerprint density at radius 1 is 1.43 bits per heavy atom. The number of hydrogen-bond donors (Lipinski definition) is 1. The van der Waals surface area contributed by atoms with Crippen LogP contribution < -0.4 is 5.32 Å². The van der Waals surface area contributed by atoms with Crippen molar-refractivity contribution in [2.24, 2.45) is 0 Å². The molecule has 0 bridgehead atoms. The first-order valence-corrected chi connectivity index (χ1v) is 4.88. The fraction of sp³-hybridized carbons (Fsp3) is 0.182. The molecule has 3 heteroatoms. The van der Waals surface area contributed by atoms with Gasteiger partial charge in [0, 0.05) is 10.2 Å². The molecule has 72 valence electrons. The van der Waals surface area contributed by atoms with Crippen molar-refractivity contribution in [3.8, 4) is 12.3 Å². The maximum Gasteiger partial charge on any atom is 0.300 e. The number of terminal acetylenes is 1. The lowest BCUT2D eigenvalue weighted by atomic mass is 10.1. The van der Waals surface area contributed by atoms with Crippen LogP contribution in [0.3, 0.4) is 0 Å². The molecule has 0 aliphatic heterocycles. The van der Waals surface area contributed by atoms with Crippen LogP contribution in [0.1, 0.15) is 11.1 Å². The first-order chi connectivity index (χ1) is 6.54. The lowest BCUT2D eigenvalue weighted by Gasteiger charge is -2.09. The SMILES string of the molecule is C#CC(=O)Nc1c(C)cc(Br)cc1C. The molecule has 0 radical (unpaired) electrons. The van der Waals surface area contributed by atoms with Gasteiger partial charge in [0.15, 0.2) is 0 Å². The van der Waals surface area contributed by atoms with Gasteiger partial charge in [-0.15, -0.1) is 6.42 Å². The molecule has 0 saturated carbocycles. The first kappa shape index (κ1) is 10.8. The van der Waals surface area contributed by atoms with E-state index >= 15 is 0 Å². The van der Waals surface area contributed by atoms with Crippen molar-refractivity contribution in [2.75, 3.05) is 5.32 Å². The fourth-order valence-electron chi connectivity index (χ4n) is 1.26. The van der Waals surface area contributed by atoms with E-state index in [0.29, 0.717) is 0 Å². The Morgan fingerprint density at radius 3 is 2.36 bits per heavy atom. The lowest BCUT2D eigenvalue weighted by molar-refractivity contribution is -0.111. The molecule has 0 saturated heterocycles. The molecule has 0 unspecified atom stereocenters.